The number of aromatic hydroxyl groups is 1. The number of Topliss-reactive ketones (excluding diaryl/α,β-unsaturated/α-hetero) is 1. The van der Waals surface area contributed by atoms with Crippen LogP contribution in [0.5, 0.6) is 11.5 Å². The van der Waals surface area contributed by atoms with E-state index in [-0.39, 0.29) is 22.8 Å². The number of ether oxygens (including phenoxy) is 1. The van der Waals surface area contributed by atoms with Crippen LogP contribution in [0.2, 0.25) is 0 Å². The number of nitrogens with zero attached hydrogens (tertiary/aromatic N) is 1. The Labute approximate surface area is 207 Å². The lowest BCUT2D eigenvalue weighted by atomic mass is 9.94. The molecule has 0 radical (unpaired) electrons. The van der Waals surface area contributed by atoms with Crippen LogP contribution in [0.15, 0.2) is 88.5 Å². The minimum Gasteiger partial charge on any atom is -0.504 e. The van der Waals surface area contributed by atoms with Crippen molar-refractivity contribution in [2.45, 2.75) is 25.8 Å². The molecule has 1 aromatic heterocycles. The van der Waals surface area contributed by atoms with Gasteiger partial charge in [0.2, 0.25) is 5.78 Å². The Morgan fingerprint density at radius 2 is 1.72 bits per heavy atom. The van der Waals surface area contributed by atoms with Crippen LogP contribution in [0.25, 0.3) is 11.0 Å². The van der Waals surface area contributed by atoms with Crippen molar-refractivity contribution in [2.24, 2.45) is 0 Å². The average Bonchev–Trinajstić information content (AvgIpc) is 3.43. The van der Waals surface area contributed by atoms with Gasteiger partial charge in [-0.25, -0.2) is 0 Å². The highest BCUT2D eigenvalue weighted by molar-refractivity contribution is 6.20. The third kappa shape index (κ3) is 3.79. The summed E-state index contributed by atoms with van der Waals surface area (Å²) in [6.07, 6.45) is 0. The standard InChI is InChI=1S/C29H25NO6/c1-16(2)17-8-11-20(12-9-17)30-26(19-10-13-23(35-3)21(31)14-19)25(28(33)29(30)34)27(32)24-15-18-6-4-5-7-22(18)36-24/h4-16,26,31,33H,1-3H3. The fraction of sp³-hybridized carbons (Fsp3) is 0.172. The number of ketones is 1. The molecule has 4 aromatic rings. The van der Waals surface area contributed by atoms with E-state index >= 15 is 0 Å². The molecule has 1 amide bonds. The van der Waals surface area contributed by atoms with Crippen molar-refractivity contribution in [1.29, 1.82) is 0 Å². The molecule has 3 aromatic carbocycles. The van der Waals surface area contributed by atoms with Crippen LogP contribution in [0.4, 0.5) is 5.69 Å². The van der Waals surface area contributed by atoms with Crippen LogP contribution in [0.1, 0.15) is 47.5 Å². The number of rotatable bonds is 6. The molecular formula is C29H25NO6. The molecule has 1 aliphatic rings. The summed E-state index contributed by atoms with van der Waals surface area (Å²) in [5.41, 5.74) is 2.41. The van der Waals surface area contributed by atoms with E-state index in [9.17, 15) is 19.8 Å². The zero-order chi connectivity index (χ0) is 25.6. The summed E-state index contributed by atoms with van der Waals surface area (Å²) in [7, 11) is 1.43. The average molecular weight is 484 g/mol. The summed E-state index contributed by atoms with van der Waals surface area (Å²) in [6, 6.07) is 19.8. The number of furan rings is 1. The van der Waals surface area contributed by atoms with E-state index in [1.165, 1.54) is 18.1 Å². The van der Waals surface area contributed by atoms with Crippen molar-refractivity contribution in [3.8, 4) is 11.5 Å². The van der Waals surface area contributed by atoms with E-state index in [2.05, 4.69) is 13.8 Å². The molecule has 7 nitrogen and oxygen atoms in total. The number of phenolic OH excluding ortho intramolecular Hbond substituents is 1. The van der Waals surface area contributed by atoms with Gasteiger partial charge in [0.25, 0.3) is 5.91 Å². The number of methoxy groups -OCH3 is 1. The maximum atomic E-state index is 13.7. The van der Waals surface area contributed by atoms with Gasteiger partial charge in [0, 0.05) is 11.1 Å². The van der Waals surface area contributed by atoms with Crippen molar-refractivity contribution in [3.63, 3.8) is 0 Å². The molecule has 1 atom stereocenters. The molecule has 2 heterocycles. The molecule has 0 spiro atoms. The smallest absolute Gasteiger partial charge is 0.294 e. The van der Waals surface area contributed by atoms with Crippen LogP contribution in [0, 0.1) is 0 Å². The van der Waals surface area contributed by atoms with Crippen LogP contribution < -0.4 is 9.64 Å². The SMILES string of the molecule is COc1ccc(C2C(C(=O)c3cc4ccccc4o3)=C(O)C(=O)N2c2ccc(C(C)C)cc2)cc1O. The van der Waals surface area contributed by atoms with E-state index in [0.29, 0.717) is 22.8 Å². The molecule has 36 heavy (non-hydrogen) atoms. The fourth-order valence-electron chi connectivity index (χ4n) is 4.54. The number of para-hydroxylation sites is 1. The van der Waals surface area contributed by atoms with Gasteiger partial charge in [-0.1, -0.05) is 50.2 Å². The van der Waals surface area contributed by atoms with E-state index in [4.69, 9.17) is 9.15 Å². The number of aliphatic hydroxyl groups is 1. The second-order valence-corrected chi connectivity index (χ2v) is 9.00. The van der Waals surface area contributed by atoms with Crippen LogP contribution in [-0.2, 0) is 4.79 Å². The summed E-state index contributed by atoms with van der Waals surface area (Å²) in [5, 5.41) is 22.2. The van der Waals surface area contributed by atoms with Crippen molar-refractivity contribution in [2.75, 3.05) is 12.0 Å². The maximum Gasteiger partial charge on any atom is 0.294 e. The molecule has 1 unspecified atom stereocenters. The molecule has 182 valence electrons. The Morgan fingerprint density at radius 1 is 1.00 bits per heavy atom. The van der Waals surface area contributed by atoms with Crippen molar-refractivity contribution < 1.29 is 29.0 Å². The van der Waals surface area contributed by atoms with Gasteiger partial charge >= 0.3 is 0 Å². The monoisotopic (exact) mass is 483 g/mol. The van der Waals surface area contributed by atoms with E-state index in [1.54, 1.807) is 42.5 Å². The molecular weight excluding hydrogens is 458 g/mol. The van der Waals surface area contributed by atoms with Crippen LogP contribution >= 0.6 is 0 Å². The van der Waals surface area contributed by atoms with E-state index in [1.807, 2.05) is 24.3 Å². The fourth-order valence-corrected chi connectivity index (χ4v) is 4.54. The summed E-state index contributed by atoms with van der Waals surface area (Å²) < 4.78 is 10.9. The van der Waals surface area contributed by atoms with E-state index < -0.39 is 23.5 Å². The molecule has 1 aliphatic heterocycles. The molecule has 0 bridgehead atoms. The minimum absolute atomic E-state index is 0.00490. The zero-order valence-corrected chi connectivity index (χ0v) is 20.1. The van der Waals surface area contributed by atoms with Crippen LogP contribution in [0.3, 0.4) is 0 Å². The summed E-state index contributed by atoms with van der Waals surface area (Å²) in [5.74, 6) is -1.60. The van der Waals surface area contributed by atoms with Gasteiger partial charge in [0.1, 0.15) is 5.58 Å². The molecule has 5 rings (SSSR count). The number of benzene rings is 3. The summed E-state index contributed by atoms with van der Waals surface area (Å²) >= 11 is 0. The lowest BCUT2D eigenvalue weighted by molar-refractivity contribution is -0.117. The number of hydrogen-bond acceptors (Lipinski definition) is 6. The molecule has 0 saturated heterocycles. The first-order valence-electron chi connectivity index (χ1n) is 11.6. The number of fused-ring (bicyclic) bond motifs is 1. The molecule has 0 fully saturated rings. The minimum atomic E-state index is -1.00. The third-order valence-corrected chi connectivity index (χ3v) is 6.46. The maximum absolute atomic E-state index is 13.7. The third-order valence-electron chi connectivity index (χ3n) is 6.46. The largest absolute Gasteiger partial charge is 0.504 e. The first kappa shape index (κ1) is 23.2. The summed E-state index contributed by atoms with van der Waals surface area (Å²) in [6.45, 7) is 4.13. The highest BCUT2D eigenvalue weighted by Gasteiger charge is 2.45. The molecule has 7 heteroatoms. The lowest BCUT2D eigenvalue weighted by Crippen LogP contribution is -2.31. The van der Waals surface area contributed by atoms with Crippen molar-refractivity contribution >= 4 is 28.3 Å². The summed E-state index contributed by atoms with van der Waals surface area (Å²) in [4.78, 5) is 28.4. The normalized spacial score (nSPS) is 15.8. The molecule has 0 saturated carbocycles. The first-order chi connectivity index (χ1) is 17.3. The Bertz CT molecular complexity index is 1480. The second kappa shape index (κ2) is 8.92. The van der Waals surface area contributed by atoms with Crippen molar-refractivity contribution in [3.05, 3.63) is 101 Å². The topological polar surface area (TPSA) is 100 Å². The number of carbonyl (C=O) groups excluding carboxylic acids is 2. The van der Waals surface area contributed by atoms with Gasteiger partial charge in [0.05, 0.1) is 18.7 Å². The van der Waals surface area contributed by atoms with Gasteiger partial charge in [0.15, 0.2) is 23.0 Å². The number of anilines is 1. The molecule has 2 N–H and O–H groups in total. The zero-order valence-electron chi connectivity index (χ0n) is 20.1. The molecule has 0 aliphatic carbocycles. The van der Waals surface area contributed by atoms with Gasteiger partial charge < -0.3 is 19.4 Å². The van der Waals surface area contributed by atoms with Gasteiger partial charge in [-0.15, -0.1) is 0 Å². The number of aliphatic hydroxyl groups excluding tert-OH is 1. The second-order valence-electron chi connectivity index (χ2n) is 9.00. The first-order valence-corrected chi connectivity index (χ1v) is 11.6. The lowest BCUT2D eigenvalue weighted by Gasteiger charge is -2.27. The van der Waals surface area contributed by atoms with Gasteiger partial charge in [-0.05, 0) is 53.4 Å². The Balaban J connectivity index is 1.65. The predicted molar refractivity (Wildman–Crippen MR) is 136 cm³/mol. The number of hydrogen-bond donors (Lipinski definition) is 2. The van der Waals surface area contributed by atoms with E-state index in [0.717, 1.165) is 10.9 Å². The highest BCUT2D eigenvalue weighted by atomic mass is 16.5. The highest BCUT2D eigenvalue weighted by Crippen LogP contribution is 2.44. The van der Waals surface area contributed by atoms with Gasteiger partial charge in [-0.3, -0.25) is 14.5 Å². The van der Waals surface area contributed by atoms with Gasteiger partial charge in [-0.2, -0.15) is 0 Å². The van der Waals surface area contributed by atoms with Crippen molar-refractivity contribution in [1.82, 2.24) is 0 Å². The Kier molecular flexibility index (Phi) is 5.76. The number of carbonyl (C=O) groups is 2. The number of phenols is 1. The van der Waals surface area contributed by atoms with Crippen LogP contribution in [-0.4, -0.2) is 29.0 Å². The quantitative estimate of drug-likeness (QED) is 0.324. The Morgan fingerprint density at radius 3 is 2.36 bits per heavy atom. The predicted octanol–water partition coefficient (Wildman–Crippen LogP) is 6.05. The Hall–Kier alpha value is -4.52. The number of amides is 1.